The summed E-state index contributed by atoms with van der Waals surface area (Å²) in [6.07, 6.45) is -7.35. The largest absolute Gasteiger partial charge is 1.00 e. The molecule has 0 unspecified atom stereocenters. The molecule has 270 valence electrons. The molecule has 51 heavy (non-hydrogen) atoms. The van der Waals surface area contributed by atoms with E-state index >= 15 is 0 Å². The maximum atomic E-state index is 13.8. The van der Waals surface area contributed by atoms with Gasteiger partial charge in [-0.1, -0.05) is 26.0 Å². The Bertz CT molecular complexity index is 1740. The van der Waals surface area contributed by atoms with Crippen LogP contribution in [0.25, 0.3) is 11.1 Å². The topological polar surface area (TPSA) is 94.0 Å². The Labute approximate surface area is 315 Å². The van der Waals surface area contributed by atoms with E-state index in [1.165, 1.54) is 24.4 Å². The molecule has 0 fully saturated rings. The molecule has 0 aliphatic heterocycles. The Kier molecular flexibility index (Phi) is 14.6. The van der Waals surface area contributed by atoms with Gasteiger partial charge in [0.25, 0.3) is 0 Å². The van der Waals surface area contributed by atoms with Gasteiger partial charge in [-0.25, -0.2) is 9.97 Å². The first-order valence-corrected chi connectivity index (χ1v) is 15.7. The third-order valence-corrected chi connectivity index (χ3v) is 7.65. The third kappa shape index (κ3) is 11.5. The van der Waals surface area contributed by atoms with E-state index in [2.05, 4.69) is 9.97 Å². The third-order valence-electron chi connectivity index (χ3n) is 7.65. The first kappa shape index (κ1) is 41.4. The van der Waals surface area contributed by atoms with Crippen molar-refractivity contribution in [2.24, 2.45) is 0 Å². The van der Waals surface area contributed by atoms with Crippen molar-refractivity contribution < 1.29 is 81.4 Å². The van der Waals surface area contributed by atoms with E-state index in [4.69, 9.17) is 19.3 Å². The first-order valence-electron chi connectivity index (χ1n) is 15.7. The summed E-state index contributed by atoms with van der Waals surface area (Å²) >= 11 is 0. The molecular formula is C36H38F6N3NaO5. The summed E-state index contributed by atoms with van der Waals surface area (Å²) in [6, 6.07) is 12.5. The molecule has 15 heteroatoms. The number of aromatic nitrogens is 2. The number of nitrogens with zero attached hydrogens (tertiary/aromatic N) is 3. The number of carbonyl (C=O) groups is 1. The van der Waals surface area contributed by atoms with Crippen LogP contribution in [-0.2, 0) is 30.2 Å². The molecule has 0 radical (unpaired) electrons. The fraction of sp³-hybridized carbons (Fsp3) is 0.361. The minimum absolute atomic E-state index is 0. The van der Waals surface area contributed by atoms with Crippen molar-refractivity contribution in [3.8, 4) is 28.4 Å². The molecule has 1 heterocycles. The molecule has 1 aromatic heterocycles. The van der Waals surface area contributed by atoms with Gasteiger partial charge in [0, 0.05) is 25.1 Å². The predicted octanol–water partition coefficient (Wildman–Crippen LogP) is 6.28. The van der Waals surface area contributed by atoms with E-state index in [0.717, 1.165) is 11.1 Å². The van der Waals surface area contributed by atoms with Gasteiger partial charge < -0.3 is 25.6 Å². The molecular weight excluding hydrogens is 691 g/mol. The van der Waals surface area contributed by atoms with Crippen LogP contribution in [0.3, 0.4) is 0 Å². The van der Waals surface area contributed by atoms with E-state index in [0.29, 0.717) is 41.4 Å². The number of ether oxygens (including phenoxy) is 3. The zero-order chi connectivity index (χ0) is 36.6. The number of carboxylic acids is 1. The average Bonchev–Trinajstić information content (AvgIpc) is 3.05. The van der Waals surface area contributed by atoms with Crippen molar-refractivity contribution in [2.75, 3.05) is 25.2 Å². The van der Waals surface area contributed by atoms with Crippen LogP contribution in [-0.4, -0.2) is 41.4 Å². The normalized spacial score (nSPS) is 11.6. The van der Waals surface area contributed by atoms with Gasteiger partial charge in [-0.3, -0.25) is 4.79 Å². The quantitative estimate of drug-likeness (QED) is 0.0869. The van der Waals surface area contributed by atoms with E-state index in [9.17, 15) is 31.1 Å². The van der Waals surface area contributed by atoms with E-state index in [-0.39, 0.29) is 86.2 Å². The second-order valence-corrected chi connectivity index (χ2v) is 11.7. The standard InChI is InChI=1S/C36H37F6N3O5.Na.H/c1-5-49-28-9-10-30(31-16-24(22(2)3)8-11-32(31)48-4)25(15-28)21-45(34-43-18-29(19-44-34)50-12-6-7-33(46)47)20-23-13-26(35(37,38)39)17-27(14-23)36(40,41)42;;/h8-11,13-19,22H,5-7,12,20-21H2,1-4H3,(H,46,47);;/q;+1;-1. The molecule has 1 N–H and O–H groups in total. The predicted molar refractivity (Wildman–Crippen MR) is 176 cm³/mol. The zero-order valence-electron chi connectivity index (χ0n) is 29.9. The van der Waals surface area contributed by atoms with Crippen LogP contribution in [0, 0.1) is 0 Å². The smallest absolute Gasteiger partial charge is 1.00 e. The molecule has 4 aromatic rings. The number of aliphatic carboxylic acids is 1. The number of anilines is 1. The first-order chi connectivity index (χ1) is 23.6. The number of rotatable bonds is 15. The monoisotopic (exact) mass is 729 g/mol. The van der Waals surface area contributed by atoms with E-state index in [1.54, 1.807) is 19.1 Å². The van der Waals surface area contributed by atoms with Crippen molar-refractivity contribution in [1.29, 1.82) is 0 Å². The summed E-state index contributed by atoms with van der Waals surface area (Å²) in [7, 11) is 1.53. The molecule has 8 nitrogen and oxygen atoms in total. The van der Waals surface area contributed by atoms with Crippen LogP contribution < -0.4 is 48.7 Å². The number of carboxylic acid groups (broad SMARTS) is 1. The fourth-order valence-corrected chi connectivity index (χ4v) is 5.21. The fourth-order valence-electron chi connectivity index (χ4n) is 5.21. The molecule has 0 aliphatic rings. The SMILES string of the molecule is CCOc1ccc(-c2cc(C(C)C)ccc2OC)c(CN(Cc2cc(C(F)(F)F)cc(C(F)(F)F)c2)c2ncc(OCCCC(=O)O)cn2)c1.[H-].[Na+]. The number of benzene rings is 3. The van der Waals surface area contributed by atoms with E-state index < -0.39 is 36.0 Å². The summed E-state index contributed by atoms with van der Waals surface area (Å²) in [5, 5.41) is 8.85. The summed E-state index contributed by atoms with van der Waals surface area (Å²) in [6.45, 7) is 5.78. The van der Waals surface area contributed by atoms with Crippen LogP contribution >= 0.6 is 0 Å². The molecule has 0 atom stereocenters. The van der Waals surface area contributed by atoms with Gasteiger partial charge in [0.15, 0.2) is 5.75 Å². The van der Waals surface area contributed by atoms with Crippen molar-refractivity contribution in [1.82, 2.24) is 9.97 Å². The van der Waals surface area contributed by atoms with Crippen molar-refractivity contribution in [2.45, 2.75) is 65.0 Å². The van der Waals surface area contributed by atoms with Gasteiger partial charge in [0.1, 0.15) is 11.5 Å². The molecule has 0 aliphatic carbocycles. The summed E-state index contributed by atoms with van der Waals surface area (Å²) < 4.78 is 99.8. The molecule has 0 saturated heterocycles. The number of alkyl halides is 6. The van der Waals surface area contributed by atoms with Crippen LogP contribution in [0.15, 0.2) is 67.0 Å². The van der Waals surface area contributed by atoms with Gasteiger partial charge in [0.05, 0.1) is 43.8 Å². The van der Waals surface area contributed by atoms with E-state index in [1.807, 2.05) is 38.1 Å². The van der Waals surface area contributed by atoms with Gasteiger partial charge in [-0.05, 0) is 84.0 Å². The Morgan fingerprint density at radius 3 is 2.06 bits per heavy atom. The molecule has 0 saturated carbocycles. The summed E-state index contributed by atoms with van der Waals surface area (Å²) in [5.74, 6) is 0.426. The van der Waals surface area contributed by atoms with Crippen LogP contribution in [0.4, 0.5) is 32.3 Å². The van der Waals surface area contributed by atoms with Crippen molar-refractivity contribution >= 4 is 11.9 Å². The maximum absolute atomic E-state index is 13.8. The maximum Gasteiger partial charge on any atom is 1.00 e. The molecule has 4 rings (SSSR count). The molecule has 0 spiro atoms. The van der Waals surface area contributed by atoms with Gasteiger partial charge in [-0.2, -0.15) is 26.3 Å². The zero-order valence-corrected chi connectivity index (χ0v) is 30.9. The second kappa shape index (κ2) is 18.0. The summed E-state index contributed by atoms with van der Waals surface area (Å²) in [5.41, 5.74) is -0.117. The molecule has 0 bridgehead atoms. The Hall–Kier alpha value is -4.01. The van der Waals surface area contributed by atoms with Crippen LogP contribution in [0.5, 0.6) is 17.2 Å². The minimum atomic E-state index is -5.03. The number of hydrogen-bond donors (Lipinski definition) is 1. The van der Waals surface area contributed by atoms with Crippen molar-refractivity contribution in [3.05, 3.63) is 94.8 Å². The Morgan fingerprint density at radius 2 is 1.51 bits per heavy atom. The van der Waals surface area contributed by atoms with Crippen LogP contribution in [0.2, 0.25) is 0 Å². The molecule has 0 amide bonds. The Balaban J connectivity index is 0.00000468. The van der Waals surface area contributed by atoms with Gasteiger partial charge >= 0.3 is 47.9 Å². The summed E-state index contributed by atoms with van der Waals surface area (Å²) in [4.78, 5) is 20.9. The second-order valence-electron chi connectivity index (χ2n) is 11.7. The van der Waals surface area contributed by atoms with Crippen LogP contribution in [0.1, 0.15) is 68.8 Å². The average molecular weight is 730 g/mol. The number of halogens is 6. The number of methoxy groups -OCH3 is 1. The minimum Gasteiger partial charge on any atom is -1.00 e. The van der Waals surface area contributed by atoms with Gasteiger partial charge in [0.2, 0.25) is 5.95 Å². The molecule has 3 aromatic carbocycles. The Morgan fingerprint density at radius 1 is 0.863 bits per heavy atom. The van der Waals surface area contributed by atoms with Gasteiger partial charge in [-0.15, -0.1) is 0 Å². The number of hydrogen-bond acceptors (Lipinski definition) is 7. The van der Waals surface area contributed by atoms with Crippen molar-refractivity contribution in [3.63, 3.8) is 0 Å².